The fourth-order valence-corrected chi connectivity index (χ4v) is 5.55. The van der Waals surface area contributed by atoms with E-state index in [1.54, 1.807) is 6.07 Å². The number of halogens is 3. The molecule has 34 heavy (non-hydrogen) atoms. The van der Waals surface area contributed by atoms with Crippen molar-refractivity contribution in [2.75, 3.05) is 0 Å². The lowest BCUT2D eigenvalue weighted by Gasteiger charge is -2.13. The van der Waals surface area contributed by atoms with Gasteiger partial charge in [0.1, 0.15) is 0 Å². The second kappa shape index (κ2) is 9.74. The van der Waals surface area contributed by atoms with Gasteiger partial charge in [-0.2, -0.15) is 0 Å². The number of hydrogen-bond acceptors (Lipinski definition) is 3. The number of carbonyl (C=O) groups is 2. The summed E-state index contributed by atoms with van der Waals surface area (Å²) < 4.78 is 4.14. The summed E-state index contributed by atoms with van der Waals surface area (Å²) >= 11 is 14.2. The minimum absolute atomic E-state index is 0.151. The van der Waals surface area contributed by atoms with Gasteiger partial charge in [-0.05, 0) is 65.4 Å². The molecule has 3 aromatic carbocycles. The van der Waals surface area contributed by atoms with Crippen LogP contribution in [0.2, 0.25) is 5.02 Å². The largest absolute Gasteiger partial charge is 0.342 e. The lowest BCUT2D eigenvalue weighted by atomic mass is 10.1. The van der Waals surface area contributed by atoms with Crippen LogP contribution in [0, 0.1) is 0 Å². The Morgan fingerprint density at radius 3 is 2.41 bits per heavy atom. The molecule has 1 aliphatic heterocycles. The quantitative estimate of drug-likeness (QED) is 0.213. The molecule has 1 aromatic heterocycles. The van der Waals surface area contributed by atoms with Crippen molar-refractivity contribution >= 4 is 83.3 Å². The van der Waals surface area contributed by atoms with Crippen LogP contribution in [0.5, 0.6) is 0 Å². The lowest BCUT2D eigenvalue weighted by Crippen LogP contribution is -2.27. The number of amides is 2. The maximum atomic E-state index is 13.1. The van der Waals surface area contributed by atoms with Crippen LogP contribution in [0.3, 0.4) is 0 Å². The number of benzene rings is 3. The third-order valence-corrected chi connectivity index (χ3v) is 7.88. The molecule has 0 saturated carbocycles. The van der Waals surface area contributed by atoms with Crippen molar-refractivity contribution in [3.63, 3.8) is 0 Å². The maximum Gasteiger partial charge on any atom is 0.293 e. The van der Waals surface area contributed by atoms with Crippen molar-refractivity contribution in [1.29, 1.82) is 0 Å². The molecule has 4 aromatic rings. The maximum absolute atomic E-state index is 13.1. The summed E-state index contributed by atoms with van der Waals surface area (Å²) in [4.78, 5) is 27.4. The third-order valence-electron chi connectivity index (χ3n) is 5.59. The minimum atomic E-state index is -0.307. The molecular formula is C26H17Br2ClN2O2S. The van der Waals surface area contributed by atoms with Crippen molar-refractivity contribution in [1.82, 2.24) is 9.47 Å². The Hall–Kier alpha value is -2.32. The molecule has 0 spiro atoms. The molecule has 0 unspecified atom stereocenters. The lowest BCUT2D eigenvalue weighted by molar-refractivity contribution is -0.123. The molecule has 2 amide bonds. The van der Waals surface area contributed by atoms with Crippen molar-refractivity contribution < 1.29 is 9.59 Å². The molecule has 0 bridgehead atoms. The summed E-state index contributed by atoms with van der Waals surface area (Å²) in [6.07, 6.45) is 3.84. The number of imide groups is 1. The van der Waals surface area contributed by atoms with Crippen LogP contribution in [-0.4, -0.2) is 20.6 Å². The van der Waals surface area contributed by atoms with E-state index < -0.39 is 0 Å². The van der Waals surface area contributed by atoms with Gasteiger partial charge in [-0.15, -0.1) is 0 Å². The average molecular weight is 617 g/mol. The Morgan fingerprint density at radius 2 is 1.65 bits per heavy atom. The fourth-order valence-electron chi connectivity index (χ4n) is 3.90. The van der Waals surface area contributed by atoms with Crippen LogP contribution < -0.4 is 0 Å². The first-order chi connectivity index (χ1) is 16.4. The highest BCUT2D eigenvalue weighted by Crippen LogP contribution is 2.36. The number of hydrogen-bond donors (Lipinski definition) is 0. The SMILES string of the molecule is O=C1S/C(=C\c2cn(Cc3ccc(Br)cc3)c3ccc(Br)cc23)C(=O)N1Cc1ccccc1Cl. The molecule has 0 aliphatic carbocycles. The van der Waals surface area contributed by atoms with E-state index in [0.717, 1.165) is 48.3 Å². The number of aromatic nitrogens is 1. The summed E-state index contributed by atoms with van der Waals surface area (Å²) in [5.41, 5.74) is 3.83. The van der Waals surface area contributed by atoms with Gasteiger partial charge in [0.25, 0.3) is 11.1 Å². The standard InChI is InChI=1S/C26H17Br2ClN2O2S/c27-19-7-5-16(6-8-19)13-30-14-18(21-12-20(28)9-10-23(21)30)11-24-25(32)31(26(33)34-24)15-17-3-1-2-4-22(17)29/h1-12,14H,13,15H2/b24-11-. The van der Waals surface area contributed by atoms with Gasteiger partial charge in [-0.3, -0.25) is 14.5 Å². The first kappa shape index (κ1) is 23.4. The van der Waals surface area contributed by atoms with Crippen molar-refractivity contribution in [2.24, 2.45) is 0 Å². The minimum Gasteiger partial charge on any atom is -0.342 e. The highest BCUT2D eigenvalue weighted by Gasteiger charge is 2.35. The number of fused-ring (bicyclic) bond motifs is 1. The van der Waals surface area contributed by atoms with Gasteiger partial charge in [-0.1, -0.05) is 73.8 Å². The van der Waals surface area contributed by atoms with E-state index in [2.05, 4.69) is 54.6 Å². The van der Waals surface area contributed by atoms with E-state index >= 15 is 0 Å². The molecular weight excluding hydrogens is 600 g/mol. The van der Waals surface area contributed by atoms with Crippen LogP contribution in [0.4, 0.5) is 4.79 Å². The molecule has 170 valence electrons. The van der Waals surface area contributed by atoms with Gasteiger partial charge in [-0.25, -0.2) is 0 Å². The topological polar surface area (TPSA) is 42.3 Å². The van der Waals surface area contributed by atoms with Crippen LogP contribution in [0.1, 0.15) is 16.7 Å². The van der Waals surface area contributed by atoms with E-state index in [1.165, 1.54) is 4.90 Å². The second-order valence-electron chi connectivity index (χ2n) is 7.86. The van der Waals surface area contributed by atoms with Crippen LogP contribution >= 0.6 is 55.2 Å². The third kappa shape index (κ3) is 4.75. The Kier molecular flexibility index (Phi) is 6.71. The average Bonchev–Trinajstić information content (AvgIpc) is 3.28. The molecule has 0 atom stereocenters. The number of thioether (sulfide) groups is 1. The smallest absolute Gasteiger partial charge is 0.293 e. The normalized spacial score (nSPS) is 15.1. The summed E-state index contributed by atoms with van der Waals surface area (Å²) in [6.45, 7) is 0.839. The predicted octanol–water partition coefficient (Wildman–Crippen LogP) is 8.10. The first-order valence-electron chi connectivity index (χ1n) is 10.4. The molecule has 1 fully saturated rings. The zero-order valence-corrected chi connectivity index (χ0v) is 22.4. The fraction of sp³-hybridized carbons (Fsp3) is 0.0769. The Morgan fingerprint density at radius 1 is 0.912 bits per heavy atom. The monoisotopic (exact) mass is 614 g/mol. The summed E-state index contributed by atoms with van der Waals surface area (Å²) in [5, 5.41) is 1.24. The number of nitrogens with zero attached hydrogens (tertiary/aromatic N) is 2. The molecule has 0 radical (unpaired) electrons. The summed E-state index contributed by atoms with van der Waals surface area (Å²) in [6, 6.07) is 21.5. The van der Waals surface area contributed by atoms with Crippen LogP contribution in [0.25, 0.3) is 17.0 Å². The highest BCUT2D eigenvalue weighted by molar-refractivity contribution is 9.10. The molecule has 0 N–H and O–H groups in total. The zero-order valence-electron chi connectivity index (χ0n) is 17.7. The highest BCUT2D eigenvalue weighted by atomic mass is 79.9. The zero-order chi connectivity index (χ0) is 23.8. The Balaban J connectivity index is 1.49. The molecule has 2 heterocycles. The summed E-state index contributed by atoms with van der Waals surface area (Å²) in [7, 11) is 0. The molecule has 4 nitrogen and oxygen atoms in total. The Labute approximate surface area is 222 Å². The molecule has 1 aliphatic rings. The predicted molar refractivity (Wildman–Crippen MR) is 146 cm³/mol. The van der Waals surface area contributed by atoms with Gasteiger partial charge >= 0.3 is 0 Å². The van der Waals surface area contributed by atoms with Crippen molar-refractivity contribution in [3.05, 3.63) is 108 Å². The van der Waals surface area contributed by atoms with Gasteiger partial charge in [0.15, 0.2) is 0 Å². The van der Waals surface area contributed by atoms with E-state index in [9.17, 15) is 9.59 Å². The molecule has 1 saturated heterocycles. The van der Waals surface area contributed by atoms with Gasteiger partial charge in [0, 0.05) is 43.2 Å². The van der Waals surface area contributed by atoms with Gasteiger partial charge < -0.3 is 4.57 Å². The van der Waals surface area contributed by atoms with Gasteiger partial charge in [0.05, 0.1) is 11.4 Å². The van der Waals surface area contributed by atoms with E-state index in [-0.39, 0.29) is 17.7 Å². The number of carbonyl (C=O) groups excluding carboxylic acids is 2. The van der Waals surface area contributed by atoms with E-state index in [1.807, 2.05) is 54.7 Å². The second-order valence-corrected chi connectivity index (χ2v) is 11.1. The first-order valence-corrected chi connectivity index (χ1v) is 13.2. The van der Waals surface area contributed by atoms with Crippen molar-refractivity contribution in [3.8, 4) is 0 Å². The number of rotatable bonds is 5. The summed E-state index contributed by atoms with van der Waals surface area (Å²) in [5.74, 6) is -0.307. The van der Waals surface area contributed by atoms with E-state index in [4.69, 9.17) is 11.6 Å². The van der Waals surface area contributed by atoms with Gasteiger partial charge in [0.2, 0.25) is 0 Å². The molecule has 5 rings (SSSR count). The van der Waals surface area contributed by atoms with E-state index in [0.29, 0.717) is 16.5 Å². The molecule has 8 heteroatoms. The Bertz CT molecular complexity index is 1460. The van der Waals surface area contributed by atoms with Crippen LogP contribution in [-0.2, 0) is 17.9 Å². The van der Waals surface area contributed by atoms with Crippen LogP contribution in [0.15, 0.2) is 86.8 Å². The van der Waals surface area contributed by atoms with Crippen molar-refractivity contribution in [2.45, 2.75) is 13.1 Å².